The number of ether oxygens (including phenoxy) is 1. The fourth-order valence-electron chi connectivity index (χ4n) is 4.14. The van der Waals surface area contributed by atoms with Crippen molar-refractivity contribution >= 4 is 45.1 Å². The Morgan fingerprint density at radius 2 is 2.12 bits per heavy atom. The molecule has 2 heterocycles. The molecule has 0 aliphatic heterocycles. The molecule has 0 bridgehead atoms. The van der Waals surface area contributed by atoms with Gasteiger partial charge in [-0.3, -0.25) is 4.79 Å². The number of amides is 2. The largest absolute Gasteiger partial charge is 0.488 e. The van der Waals surface area contributed by atoms with Crippen molar-refractivity contribution in [3.63, 3.8) is 0 Å². The van der Waals surface area contributed by atoms with E-state index in [9.17, 15) is 19.1 Å². The first-order valence-corrected chi connectivity index (χ1v) is 11.3. The SMILES string of the molecule is Cc1c(C(N)=O)sc2ncnc(Nc3ccc(F)cc3OC3CCCC(N(C)C(=O)O)C3)c12. The fourth-order valence-corrected chi connectivity index (χ4v) is 5.14. The molecule has 174 valence electrons. The molecule has 0 radical (unpaired) electrons. The quantitative estimate of drug-likeness (QED) is 0.487. The second-order valence-electron chi connectivity index (χ2n) is 8.04. The van der Waals surface area contributed by atoms with Gasteiger partial charge in [-0.15, -0.1) is 11.3 Å². The highest BCUT2D eigenvalue weighted by Crippen LogP contribution is 2.37. The van der Waals surface area contributed by atoms with Crippen LogP contribution >= 0.6 is 11.3 Å². The Bertz CT molecular complexity index is 1220. The van der Waals surface area contributed by atoms with E-state index in [1.807, 2.05) is 0 Å². The number of anilines is 2. The summed E-state index contributed by atoms with van der Waals surface area (Å²) in [5.41, 5.74) is 6.64. The number of aryl methyl sites for hydroxylation is 1. The van der Waals surface area contributed by atoms with E-state index in [-0.39, 0.29) is 12.1 Å². The molecule has 9 nitrogen and oxygen atoms in total. The van der Waals surface area contributed by atoms with E-state index in [2.05, 4.69) is 15.3 Å². The topological polar surface area (TPSA) is 131 Å². The van der Waals surface area contributed by atoms with Crippen LogP contribution in [0.3, 0.4) is 0 Å². The van der Waals surface area contributed by atoms with Gasteiger partial charge >= 0.3 is 6.09 Å². The number of nitrogens with one attached hydrogen (secondary N) is 1. The summed E-state index contributed by atoms with van der Waals surface area (Å²) in [7, 11) is 1.55. The Kier molecular flexibility index (Phi) is 6.32. The molecule has 33 heavy (non-hydrogen) atoms. The predicted molar refractivity (Wildman–Crippen MR) is 123 cm³/mol. The Balaban J connectivity index is 1.62. The van der Waals surface area contributed by atoms with Gasteiger partial charge in [0.2, 0.25) is 0 Å². The normalized spacial score (nSPS) is 18.2. The molecule has 4 rings (SSSR count). The number of hydrogen-bond acceptors (Lipinski definition) is 7. The second-order valence-corrected chi connectivity index (χ2v) is 9.04. The van der Waals surface area contributed by atoms with Gasteiger partial charge in [0.15, 0.2) is 0 Å². The van der Waals surface area contributed by atoms with Crippen LogP contribution in [-0.4, -0.2) is 51.2 Å². The Morgan fingerprint density at radius 3 is 2.85 bits per heavy atom. The van der Waals surface area contributed by atoms with Gasteiger partial charge in [-0.25, -0.2) is 19.2 Å². The number of rotatable bonds is 6. The minimum Gasteiger partial charge on any atom is -0.488 e. The Morgan fingerprint density at radius 1 is 1.33 bits per heavy atom. The molecule has 2 unspecified atom stereocenters. The highest BCUT2D eigenvalue weighted by molar-refractivity contribution is 7.20. The standard InChI is InChI=1S/C22H24FN5O4S/c1-11-17-20(25-10-26-21(17)33-18(11)19(24)29)27-15-7-6-12(23)8-16(15)32-14-5-3-4-13(9-14)28(2)22(30)31/h6-8,10,13-14H,3-5,9H2,1-2H3,(H2,24,29)(H,30,31)(H,25,26,27). The maximum absolute atomic E-state index is 14.1. The van der Waals surface area contributed by atoms with Gasteiger partial charge in [0.05, 0.1) is 16.0 Å². The number of nitrogens with zero attached hydrogens (tertiary/aromatic N) is 3. The number of aromatic nitrogens is 2. The molecule has 1 aliphatic carbocycles. The van der Waals surface area contributed by atoms with Crippen LogP contribution in [0.4, 0.5) is 20.7 Å². The molecule has 1 fully saturated rings. The lowest BCUT2D eigenvalue weighted by atomic mass is 9.92. The monoisotopic (exact) mass is 473 g/mol. The number of carboxylic acid groups (broad SMARTS) is 1. The molecule has 1 saturated carbocycles. The van der Waals surface area contributed by atoms with E-state index >= 15 is 0 Å². The van der Waals surface area contributed by atoms with Gasteiger partial charge in [0.1, 0.15) is 34.6 Å². The van der Waals surface area contributed by atoms with Crippen LogP contribution in [0.25, 0.3) is 10.2 Å². The lowest BCUT2D eigenvalue weighted by Gasteiger charge is -2.34. The van der Waals surface area contributed by atoms with E-state index in [1.54, 1.807) is 20.0 Å². The third-order valence-electron chi connectivity index (χ3n) is 5.89. The van der Waals surface area contributed by atoms with Crippen molar-refractivity contribution in [2.24, 2.45) is 5.73 Å². The lowest BCUT2D eigenvalue weighted by Crippen LogP contribution is -2.42. The maximum Gasteiger partial charge on any atom is 0.407 e. The summed E-state index contributed by atoms with van der Waals surface area (Å²) in [5, 5.41) is 13.1. The molecule has 11 heteroatoms. The third-order valence-corrected chi connectivity index (χ3v) is 7.10. The lowest BCUT2D eigenvalue weighted by molar-refractivity contribution is 0.0824. The molecule has 0 saturated heterocycles. The van der Waals surface area contributed by atoms with Gasteiger partial charge in [-0.2, -0.15) is 0 Å². The first-order valence-electron chi connectivity index (χ1n) is 10.5. The van der Waals surface area contributed by atoms with Crippen LogP contribution in [0, 0.1) is 12.7 Å². The number of hydrogen-bond donors (Lipinski definition) is 3. The number of primary amides is 1. The molecular weight excluding hydrogens is 449 g/mol. The third kappa shape index (κ3) is 4.68. The van der Waals surface area contributed by atoms with Crippen molar-refractivity contribution < 1.29 is 23.8 Å². The summed E-state index contributed by atoms with van der Waals surface area (Å²) in [6.45, 7) is 1.77. The van der Waals surface area contributed by atoms with Crippen LogP contribution in [0.15, 0.2) is 24.5 Å². The van der Waals surface area contributed by atoms with Crippen molar-refractivity contribution in [3.05, 3.63) is 40.8 Å². The van der Waals surface area contributed by atoms with Gasteiger partial charge in [0, 0.05) is 25.6 Å². The van der Waals surface area contributed by atoms with Gasteiger partial charge in [-0.05, 0) is 43.9 Å². The summed E-state index contributed by atoms with van der Waals surface area (Å²) < 4.78 is 20.2. The average Bonchev–Trinajstić information content (AvgIpc) is 3.13. The number of nitrogens with two attached hydrogens (primary N) is 1. The number of carbonyl (C=O) groups excluding carboxylic acids is 1. The summed E-state index contributed by atoms with van der Waals surface area (Å²) in [6.07, 6.45) is 2.95. The van der Waals surface area contributed by atoms with E-state index in [0.717, 1.165) is 19.3 Å². The van der Waals surface area contributed by atoms with Gasteiger partial charge < -0.3 is 25.8 Å². The van der Waals surface area contributed by atoms with Crippen LogP contribution in [0.5, 0.6) is 5.75 Å². The number of fused-ring (bicyclic) bond motifs is 1. The van der Waals surface area contributed by atoms with Crippen molar-refractivity contribution in [1.82, 2.24) is 14.9 Å². The Hall–Kier alpha value is -3.47. The summed E-state index contributed by atoms with van der Waals surface area (Å²) in [6, 6.07) is 4.00. The smallest absolute Gasteiger partial charge is 0.407 e. The van der Waals surface area contributed by atoms with Gasteiger partial charge in [0.25, 0.3) is 5.91 Å². The average molecular weight is 474 g/mol. The van der Waals surface area contributed by atoms with Crippen molar-refractivity contribution in [1.29, 1.82) is 0 Å². The summed E-state index contributed by atoms with van der Waals surface area (Å²) >= 11 is 1.19. The van der Waals surface area contributed by atoms with Crippen molar-refractivity contribution in [2.75, 3.05) is 12.4 Å². The molecular formula is C22H24FN5O4S. The summed E-state index contributed by atoms with van der Waals surface area (Å²) in [4.78, 5) is 33.9. The number of halogens is 1. The zero-order valence-corrected chi connectivity index (χ0v) is 19.0. The predicted octanol–water partition coefficient (Wildman–Crippen LogP) is 4.28. The number of benzene rings is 1. The molecule has 2 aromatic heterocycles. The zero-order valence-electron chi connectivity index (χ0n) is 18.2. The molecule has 2 atom stereocenters. The van der Waals surface area contributed by atoms with E-state index in [1.165, 1.54) is 34.7 Å². The molecule has 0 spiro atoms. The molecule has 1 aromatic carbocycles. The highest BCUT2D eigenvalue weighted by Gasteiger charge is 2.29. The minimum absolute atomic E-state index is 0.159. The molecule has 4 N–H and O–H groups in total. The maximum atomic E-state index is 14.1. The molecule has 1 aliphatic rings. The van der Waals surface area contributed by atoms with E-state index < -0.39 is 17.8 Å². The van der Waals surface area contributed by atoms with Gasteiger partial charge in [-0.1, -0.05) is 0 Å². The molecule has 3 aromatic rings. The van der Waals surface area contributed by atoms with Crippen LogP contribution in [-0.2, 0) is 0 Å². The van der Waals surface area contributed by atoms with Crippen LogP contribution in [0.2, 0.25) is 0 Å². The first kappa shape index (κ1) is 22.7. The Labute approximate surface area is 193 Å². The van der Waals surface area contributed by atoms with Crippen LogP contribution in [0.1, 0.15) is 40.9 Å². The fraction of sp³-hybridized carbons (Fsp3) is 0.364. The first-order chi connectivity index (χ1) is 15.7. The second kappa shape index (κ2) is 9.18. The molecule has 2 amide bonds. The van der Waals surface area contributed by atoms with E-state index in [4.69, 9.17) is 10.5 Å². The minimum atomic E-state index is -0.983. The van der Waals surface area contributed by atoms with Crippen molar-refractivity contribution in [3.8, 4) is 5.75 Å². The van der Waals surface area contributed by atoms with E-state index in [0.29, 0.717) is 44.3 Å². The van der Waals surface area contributed by atoms with Crippen molar-refractivity contribution in [2.45, 2.75) is 44.8 Å². The van der Waals surface area contributed by atoms with Crippen LogP contribution < -0.4 is 15.8 Å². The number of thiophene rings is 1. The summed E-state index contributed by atoms with van der Waals surface area (Å²) in [5.74, 6) is -0.246. The highest BCUT2D eigenvalue weighted by atomic mass is 32.1. The number of carbonyl (C=O) groups is 2. The zero-order chi connectivity index (χ0) is 23.7.